The van der Waals surface area contributed by atoms with Crippen molar-refractivity contribution < 1.29 is 23.3 Å². The largest absolute Gasteiger partial charge is 0.491 e. The minimum Gasteiger partial charge on any atom is -0.491 e. The maximum Gasteiger partial charge on any atom is 0.178 e. The molecular formula is C41H39FO4. The summed E-state index contributed by atoms with van der Waals surface area (Å²) >= 11 is 0. The number of rotatable bonds is 10. The number of halogens is 1. The Hall–Kier alpha value is -4.45. The molecule has 46 heavy (non-hydrogen) atoms. The molecule has 5 aromatic rings. The van der Waals surface area contributed by atoms with Crippen LogP contribution in [0.15, 0.2) is 97.1 Å². The highest BCUT2D eigenvalue weighted by molar-refractivity contribution is 6.08. The summed E-state index contributed by atoms with van der Waals surface area (Å²) in [6.07, 6.45) is 4.35. The van der Waals surface area contributed by atoms with Crippen LogP contribution in [0.3, 0.4) is 0 Å². The van der Waals surface area contributed by atoms with Crippen LogP contribution in [0.25, 0.3) is 28.0 Å². The highest BCUT2D eigenvalue weighted by Gasteiger charge is 2.44. The van der Waals surface area contributed by atoms with Gasteiger partial charge >= 0.3 is 0 Å². The van der Waals surface area contributed by atoms with Crippen molar-refractivity contribution in [3.8, 4) is 22.6 Å². The van der Waals surface area contributed by atoms with E-state index in [-0.39, 0.29) is 11.2 Å². The van der Waals surface area contributed by atoms with E-state index in [1.54, 1.807) is 12.1 Å². The summed E-state index contributed by atoms with van der Waals surface area (Å²) in [4.78, 5) is 0. The van der Waals surface area contributed by atoms with E-state index in [9.17, 15) is 0 Å². The lowest BCUT2D eigenvalue weighted by molar-refractivity contribution is 0.0405. The fourth-order valence-electron chi connectivity index (χ4n) is 7.12. The van der Waals surface area contributed by atoms with Crippen LogP contribution in [-0.2, 0) is 20.5 Å². The molecule has 1 unspecified atom stereocenters. The van der Waals surface area contributed by atoms with Gasteiger partial charge in [-0.3, -0.25) is 0 Å². The topological polar surface area (TPSA) is 36.9 Å². The first-order chi connectivity index (χ1) is 22.3. The van der Waals surface area contributed by atoms with Crippen molar-refractivity contribution in [1.29, 1.82) is 0 Å². The van der Waals surface area contributed by atoms with E-state index in [1.165, 1.54) is 22.3 Å². The van der Waals surface area contributed by atoms with Crippen LogP contribution < -0.4 is 9.47 Å². The summed E-state index contributed by atoms with van der Waals surface area (Å²) < 4.78 is 39.2. The van der Waals surface area contributed by atoms with E-state index < -0.39 is 5.60 Å². The van der Waals surface area contributed by atoms with Crippen LogP contribution in [-0.4, -0.2) is 33.0 Å². The Bertz CT molecular complexity index is 1930. The van der Waals surface area contributed by atoms with Gasteiger partial charge in [0, 0.05) is 34.1 Å². The Morgan fingerprint density at radius 2 is 1.50 bits per heavy atom. The molecule has 0 fully saturated rings. The van der Waals surface area contributed by atoms with Crippen LogP contribution in [0.4, 0.5) is 4.39 Å². The summed E-state index contributed by atoms with van der Waals surface area (Å²) in [5.41, 5.74) is 7.82. The molecule has 5 heteroatoms. The fraction of sp³-hybridized carbons (Fsp3) is 0.268. The summed E-state index contributed by atoms with van der Waals surface area (Å²) in [5.74, 6) is 1.16. The zero-order chi connectivity index (χ0) is 31.9. The van der Waals surface area contributed by atoms with Crippen molar-refractivity contribution in [2.45, 2.75) is 38.7 Å². The maximum absolute atomic E-state index is 15.0. The van der Waals surface area contributed by atoms with Crippen LogP contribution in [0.1, 0.15) is 54.2 Å². The molecule has 0 N–H and O–H groups in total. The molecule has 0 bridgehead atoms. The quantitative estimate of drug-likeness (QED) is 0.147. The Balaban J connectivity index is 1.31. The normalized spacial score (nSPS) is 17.3. The van der Waals surface area contributed by atoms with Gasteiger partial charge in [0.2, 0.25) is 0 Å². The fourth-order valence-corrected chi connectivity index (χ4v) is 7.12. The average Bonchev–Trinajstić information content (AvgIpc) is 3.30. The van der Waals surface area contributed by atoms with Gasteiger partial charge in [0.1, 0.15) is 23.9 Å². The van der Waals surface area contributed by atoms with Crippen molar-refractivity contribution in [3.63, 3.8) is 0 Å². The van der Waals surface area contributed by atoms with Crippen molar-refractivity contribution >= 4 is 16.8 Å². The second kappa shape index (κ2) is 12.1. The van der Waals surface area contributed by atoms with Gasteiger partial charge in [-0.2, -0.15) is 0 Å². The molecule has 1 heterocycles. The Morgan fingerprint density at radius 1 is 0.761 bits per heavy atom. The van der Waals surface area contributed by atoms with Gasteiger partial charge in [-0.15, -0.1) is 0 Å². The average molecular weight is 615 g/mol. The lowest BCUT2D eigenvalue weighted by Crippen LogP contribution is -2.35. The third-order valence-electron chi connectivity index (χ3n) is 9.31. The number of aryl methyl sites for hydroxylation is 1. The Morgan fingerprint density at radius 3 is 2.28 bits per heavy atom. The lowest BCUT2D eigenvalue weighted by atomic mass is 9.76. The summed E-state index contributed by atoms with van der Waals surface area (Å²) in [6.45, 7) is 11.4. The van der Waals surface area contributed by atoms with Crippen LogP contribution >= 0.6 is 0 Å². The van der Waals surface area contributed by atoms with E-state index in [1.807, 2.05) is 55.5 Å². The molecule has 2 aliphatic rings. The highest BCUT2D eigenvalue weighted by Crippen LogP contribution is 2.58. The molecule has 0 radical (unpaired) electrons. The minimum absolute atomic E-state index is 0.268. The van der Waals surface area contributed by atoms with E-state index in [0.717, 1.165) is 38.8 Å². The molecule has 0 spiro atoms. The van der Waals surface area contributed by atoms with E-state index in [4.69, 9.17) is 18.9 Å². The molecule has 0 saturated heterocycles. The monoisotopic (exact) mass is 614 g/mol. The van der Waals surface area contributed by atoms with E-state index >= 15 is 4.39 Å². The first-order valence-electron chi connectivity index (χ1n) is 16.1. The zero-order valence-electron chi connectivity index (χ0n) is 26.9. The molecule has 4 nitrogen and oxygen atoms in total. The van der Waals surface area contributed by atoms with Crippen LogP contribution in [0, 0.1) is 12.7 Å². The zero-order valence-corrected chi connectivity index (χ0v) is 26.9. The van der Waals surface area contributed by atoms with Crippen molar-refractivity contribution in [2.75, 3.05) is 33.0 Å². The van der Waals surface area contributed by atoms with Crippen LogP contribution in [0.2, 0.25) is 0 Å². The number of benzene rings is 5. The number of hydrogen-bond acceptors (Lipinski definition) is 4. The van der Waals surface area contributed by atoms with Crippen molar-refractivity contribution in [2.24, 2.45) is 0 Å². The molecule has 234 valence electrons. The Kier molecular flexibility index (Phi) is 7.92. The third-order valence-corrected chi connectivity index (χ3v) is 9.31. The Labute approximate surface area is 270 Å². The smallest absolute Gasteiger partial charge is 0.178 e. The van der Waals surface area contributed by atoms with Gasteiger partial charge in [0.05, 0.1) is 19.8 Å². The molecule has 1 aliphatic heterocycles. The standard InChI is InChI=1S/C41H39FO4/c1-5-43-21-22-44-23-24-45-31-15-12-29(13-16-31)41(28-9-7-6-8-10-28)20-19-34-38-37(32-18-14-30(42)26-35(32)39(34)46-41)33-17-11-27(2)25-36(33)40(38,3)4/h6-20,25-26H,5,21-24H2,1-4H3. The van der Waals surface area contributed by atoms with Gasteiger partial charge in [0.25, 0.3) is 0 Å². The van der Waals surface area contributed by atoms with Gasteiger partial charge in [0.15, 0.2) is 5.60 Å². The number of ether oxygens (including phenoxy) is 4. The lowest BCUT2D eigenvalue weighted by Gasteiger charge is -2.38. The molecule has 7 rings (SSSR count). The number of hydrogen-bond donors (Lipinski definition) is 0. The summed E-state index contributed by atoms with van der Waals surface area (Å²) in [6, 6.07) is 30.0. The highest BCUT2D eigenvalue weighted by atomic mass is 19.1. The first-order valence-corrected chi connectivity index (χ1v) is 16.1. The molecule has 0 saturated carbocycles. The first kappa shape index (κ1) is 30.2. The van der Waals surface area contributed by atoms with E-state index in [2.05, 4.69) is 63.3 Å². The predicted molar refractivity (Wildman–Crippen MR) is 182 cm³/mol. The maximum atomic E-state index is 15.0. The molecule has 0 amide bonds. The van der Waals surface area contributed by atoms with Gasteiger partial charge in [-0.25, -0.2) is 4.39 Å². The molecule has 5 aromatic carbocycles. The molecule has 1 atom stereocenters. The third kappa shape index (κ3) is 5.08. The predicted octanol–water partition coefficient (Wildman–Crippen LogP) is 9.37. The van der Waals surface area contributed by atoms with Crippen molar-refractivity contribution in [3.05, 3.63) is 136 Å². The second-order valence-corrected chi connectivity index (χ2v) is 12.6. The summed E-state index contributed by atoms with van der Waals surface area (Å²) in [5, 5.41) is 1.77. The van der Waals surface area contributed by atoms with Gasteiger partial charge in [-0.05, 0) is 71.8 Å². The molecule has 0 aromatic heterocycles. The second-order valence-electron chi connectivity index (χ2n) is 12.6. The number of fused-ring (bicyclic) bond motifs is 8. The molecule has 1 aliphatic carbocycles. The van der Waals surface area contributed by atoms with Gasteiger partial charge < -0.3 is 18.9 Å². The summed E-state index contributed by atoms with van der Waals surface area (Å²) in [7, 11) is 0. The van der Waals surface area contributed by atoms with Gasteiger partial charge in [-0.1, -0.05) is 92.2 Å². The SMILES string of the molecule is CCOCCOCCOc1ccc(C2(c3ccccc3)C=Cc3c4c(c5ccc(F)cc5c3O2)-c2ccc(C)cc2C4(C)C)cc1. The van der Waals surface area contributed by atoms with Crippen molar-refractivity contribution in [1.82, 2.24) is 0 Å². The van der Waals surface area contributed by atoms with E-state index in [0.29, 0.717) is 38.8 Å². The molecular weight excluding hydrogens is 575 g/mol. The van der Waals surface area contributed by atoms with Crippen LogP contribution in [0.5, 0.6) is 11.5 Å². The minimum atomic E-state index is -0.936.